The molecule has 28 heteroatoms. The van der Waals surface area contributed by atoms with Crippen molar-refractivity contribution in [1.82, 2.24) is 112 Å². The predicted molar refractivity (Wildman–Crippen MR) is 589 cm³/mol. The zero-order valence-electron chi connectivity index (χ0n) is 82.1. The number of thiophene rings is 1. The monoisotopic (exact) mass is 1930 g/mol. The van der Waals surface area contributed by atoms with Gasteiger partial charge in [-0.05, 0) is 200 Å². The van der Waals surface area contributed by atoms with Crippen LogP contribution in [0.2, 0.25) is 0 Å². The van der Waals surface area contributed by atoms with Crippen LogP contribution in [-0.2, 0) is 12.8 Å². The molecule has 12 aromatic carbocycles. The van der Waals surface area contributed by atoms with Crippen LogP contribution in [0.4, 0.5) is 22.7 Å². The van der Waals surface area contributed by atoms with Crippen molar-refractivity contribution >= 4 is 112 Å². The fraction of sp³-hybridized carbons (Fsp3) is 0.110. The smallest absolute Gasteiger partial charge is 0.198 e. The quantitative estimate of drug-likeness (QED) is 0.0870. The van der Waals surface area contributed by atoms with Crippen molar-refractivity contribution in [2.24, 2.45) is 0 Å². The number of rotatable bonds is 16. The number of imidazole rings is 5. The lowest BCUT2D eigenvalue weighted by Gasteiger charge is -2.15. The average molecular weight is 1930 g/mol. The lowest BCUT2D eigenvalue weighted by Crippen LogP contribution is -2.09. The first-order valence-electron chi connectivity index (χ1n) is 47.9. The second-order valence-electron chi connectivity index (χ2n) is 35.7. The maximum atomic E-state index is 4.76. The zero-order valence-corrected chi connectivity index (χ0v) is 82.9. The highest BCUT2D eigenvalue weighted by Crippen LogP contribution is 2.43. The molecule has 25 aromatic rings. The maximum absolute atomic E-state index is 4.76. The molecule has 0 fully saturated rings. The Kier molecular flexibility index (Phi) is 26.8. The standard InChI is InChI=1S/C22H16N4.C21H22N6.C20H17N3S.2C19H17N5.C17H12N4/c1-15-6-8-17(9-7-15)21-25-20-22(24-13-12-23-20)26(21)19-11-10-16-4-2-3-5-18(16)14-19;1-25(2)16-7-5-15(6-8-16)20-24-19-21(23-14-13-22-19)27(20)18-11-9-17(10-12-18)26(3)4;1-13-15-8-5-9-18(15)24-20(13)23-17(14-6-3-2-4-7-14)12-16-19(23)22-11-10-21-16;1-23(2)15-10-8-14(9-11-15)18-22-17-19(21-13-12-20-17)24(18)16-6-4-3-5-7-16;1-23(2)15-8-10-16(11-9-15)24-18(14-6-4-3-5-7-14)22-17-19(24)21-13-12-20-17;1-3-7-13(8-4-1)16-20-15-17(19-12-11-18-15)21(16)14-9-5-2-6-10-14/h2-14H,1H3;5-14H,1-4H3;2-4,6-7,10-12H,5,8-9H2,1H3;2*3-13H,1-2H3;1-12H. The Morgan fingerprint density at radius 1 is 0.240 bits per heavy atom. The summed E-state index contributed by atoms with van der Waals surface area (Å²) in [4.78, 5) is 86.9. The van der Waals surface area contributed by atoms with Crippen molar-refractivity contribution < 1.29 is 0 Å². The van der Waals surface area contributed by atoms with Crippen molar-refractivity contribution in [3.05, 3.63) is 417 Å². The number of para-hydroxylation sites is 2. The van der Waals surface area contributed by atoms with Gasteiger partial charge in [0.05, 0.1) is 5.69 Å². The van der Waals surface area contributed by atoms with E-state index in [4.69, 9.17) is 19.9 Å². The summed E-state index contributed by atoms with van der Waals surface area (Å²) in [6, 6.07) is 110. The van der Waals surface area contributed by atoms with Gasteiger partial charge in [-0.3, -0.25) is 32.4 Å². The number of nitrogens with zero attached hydrogens (tertiary/aromatic N) is 27. The SMILES string of the molecule is CN(C)c1ccc(-c2nc3nccnc3n2-c2ccc(N(C)C)cc2)cc1.CN(C)c1ccc(-c2nc3nccnc3n2-c2ccccc2)cc1.CN(C)c1ccc(-n2c(-c3ccccc3)nc3nccnc32)cc1.Cc1c(-n2c(-c3ccccc3)cc3nccnc32)sc2c1CCC2.Cc1ccc(-c2nc3nccnc3n2-c2ccc3ccccc3c2)cc1.c1ccc(-c2nc3nccnc3n2-c2ccccc2)cc1. The third-order valence-electron chi connectivity index (χ3n) is 25.3. The molecular weight excluding hydrogens is 1830 g/mol. The van der Waals surface area contributed by atoms with Gasteiger partial charge in [0, 0.05) is 215 Å². The number of hydrogen-bond acceptors (Lipinski definition) is 22. The summed E-state index contributed by atoms with van der Waals surface area (Å²) in [6.45, 7) is 4.34. The normalized spacial score (nSPS) is 11.4. The molecule has 0 aliphatic heterocycles. The minimum atomic E-state index is 0.640. The Morgan fingerprint density at radius 2 is 0.527 bits per heavy atom. The van der Waals surface area contributed by atoms with Crippen molar-refractivity contribution in [2.75, 3.05) is 76.0 Å². The van der Waals surface area contributed by atoms with Crippen molar-refractivity contribution in [2.45, 2.75) is 33.1 Å². The lowest BCUT2D eigenvalue weighted by atomic mass is 10.1. The summed E-state index contributed by atoms with van der Waals surface area (Å²) in [5.74, 6) is 4.21. The van der Waals surface area contributed by atoms with Gasteiger partial charge < -0.3 is 19.6 Å². The van der Waals surface area contributed by atoms with Gasteiger partial charge in [0.2, 0.25) is 0 Å². The van der Waals surface area contributed by atoms with Crippen LogP contribution in [-0.4, -0.2) is 169 Å². The van der Waals surface area contributed by atoms with Crippen LogP contribution in [0.3, 0.4) is 0 Å². The van der Waals surface area contributed by atoms with Crippen molar-refractivity contribution in [3.63, 3.8) is 0 Å². The van der Waals surface area contributed by atoms with E-state index in [2.05, 4.69) is 317 Å². The molecule has 0 radical (unpaired) electrons. The molecule has 0 unspecified atom stereocenters. The summed E-state index contributed by atoms with van der Waals surface area (Å²) < 4.78 is 12.6. The maximum Gasteiger partial charge on any atom is 0.198 e. The van der Waals surface area contributed by atoms with E-state index in [0.717, 1.165) is 148 Å². The van der Waals surface area contributed by atoms with E-state index in [1.165, 1.54) is 57.4 Å². The molecule has 13 aromatic heterocycles. The molecule has 0 bridgehead atoms. The van der Waals surface area contributed by atoms with Gasteiger partial charge in [0.1, 0.15) is 39.6 Å². The summed E-state index contributed by atoms with van der Waals surface area (Å²) in [7, 11) is 16.2. The van der Waals surface area contributed by atoms with E-state index in [1.54, 1.807) is 84.8 Å². The van der Waals surface area contributed by atoms with E-state index in [9.17, 15) is 0 Å². The average Bonchev–Trinajstić information content (AvgIpc) is 1.59. The van der Waals surface area contributed by atoms with Gasteiger partial charge in [-0.2, -0.15) is 0 Å². The molecular formula is C118H101N27S. The summed E-state index contributed by atoms with van der Waals surface area (Å²) in [5.41, 5.74) is 30.4. The lowest BCUT2D eigenvalue weighted by molar-refractivity contribution is 0.909. The topological polar surface area (TPSA) is 262 Å². The van der Waals surface area contributed by atoms with Crippen molar-refractivity contribution in [1.29, 1.82) is 0 Å². The number of fused-ring (bicyclic) bond motifs is 8. The van der Waals surface area contributed by atoms with Gasteiger partial charge in [-0.1, -0.05) is 188 Å². The highest BCUT2D eigenvalue weighted by molar-refractivity contribution is 7.15. The third-order valence-corrected chi connectivity index (χ3v) is 26.6. The molecule has 146 heavy (non-hydrogen) atoms. The van der Waals surface area contributed by atoms with E-state index in [-0.39, 0.29) is 0 Å². The molecule has 13 heterocycles. The number of benzene rings is 12. The first-order valence-corrected chi connectivity index (χ1v) is 48.7. The van der Waals surface area contributed by atoms with E-state index in [1.807, 2.05) is 198 Å². The van der Waals surface area contributed by atoms with E-state index in [0.29, 0.717) is 28.2 Å². The second-order valence-corrected chi connectivity index (χ2v) is 36.7. The van der Waals surface area contributed by atoms with E-state index >= 15 is 0 Å². The molecule has 0 spiro atoms. The van der Waals surface area contributed by atoms with E-state index < -0.39 is 0 Å². The number of hydrogen-bond donors (Lipinski definition) is 0. The van der Waals surface area contributed by atoms with Crippen LogP contribution in [0, 0.1) is 13.8 Å². The number of aromatic nitrogens is 23. The van der Waals surface area contributed by atoms with Gasteiger partial charge >= 0.3 is 0 Å². The Labute approximate surface area is 847 Å². The second kappa shape index (κ2) is 41.9. The molecule has 1 aliphatic rings. The molecule has 0 amide bonds. The molecule has 0 saturated heterocycles. The Morgan fingerprint density at radius 3 is 0.890 bits per heavy atom. The molecule has 0 N–H and O–H groups in total. The van der Waals surface area contributed by atoms with Crippen LogP contribution in [0.15, 0.2) is 396 Å². The predicted octanol–water partition coefficient (Wildman–Crippen LogP) is 24.1. The number of aryl methyl sites for hydroxylation is 2. The van der Waals surface area contributed by atoms with Gasteiger partial charge in [-0.15, -0.1) is 11.3 Å². The molecule has 27 nitrogen and oxygen atoms in total. The molecule has 0 saturated carbocycles. The van der Waals surface area contributed by atoms with Crippen LogP contribution in [0.1, 0.15) is 28.0 Å². The van der Waals surface area contributed by atoms with Crippen molar-refractivity contribution in [3.8, 4) is 102 Å². The molecule has 1 aliphatic carbocycles. The first kappa shape index (κ1) is 93.5. The number of anilines is 4. The Bertz CT molecular complexity index is 8820. The van der Waals surface area contributed by atoms with Crippen LogP contribution >= 0.6 is 11.3 Å². The van der Waals surface area contributed by atoms with Gasteiger partial charge in [0.25, 0.3) is 0 Å². The fourth-order valence-corrected chi connectivity index (χ4v) is 19.3. The molecule has 714 valence electrons. The fourth-order valence-electron chi connectivity index (χ4n) is 17.9. The van der Waals surface area contributed by atoms with Crippen LogP contribution < -0.4 is 19.6 Å². The summed E-state index contributed by atoms with van der Waals surface area (Å²) >= 11 is 1.93. The zero-order chi connectivity index (χ0) is 99.7. The van der Waals surface area contributed by atoms with Crippen LogP contribution in [0.5, 0.6) is 0 Å². The highest BCUT2D eigenvalue weighted by Gasteiger charge is 2.27. The Hall–Kier alpha value is -18.8. The third kappa shape index (κ3) is 19.4. The molecule has 26 rings (SSSR count). The summed E-state index contributed by atoms with van der Waals surface area (Å²) in [5, 5.41) is 3.70. The van der Waals surface area contributed by atoms with Gasteiger partial charge in [-0.25, -0.2) is 79.7 Å². The Balaban J connectivity index is 0.000000103. The van der Waals surface area contributed by atoms with Crippen LogP contribution in [0.25, 0.3) is 180 Å². The van der Waals surface area contributed by atoms with Gasteiger partial charge in [0.15, 0.2) is 62.1 Å². The summed E-state index contributed by atoms with van der Waals surface area (Å²) in [6.07, 6.45) is 24.1. The first-order chi connectivity index (χ1) is 71.6. The minimum Gasteiger partial charge on any atom is -0.378 e. The largest absolute Gasteiger partial charge is 0.378 e. The minimum absolute atomic E-state index is 0.640. The highest BCUT2D eigenvalue weighted by atomic mass is 32.1. The molecule has 0 atom stereocenters.